The largest absolute Gasteiger partial charge is 0.494 e. The van der Waals surface area contributed by atoms with Crippen LogP contribution in [0.2, 0.25) is 0 Å². The Bertz CT molecular complexity index is 623. The number of halogens is 1. The Morgan fingerprint density at radius 1 is 1.15 bits per heavy atom. The summed E-state index contributed by atoms with van der Waals surface area (Å²) in [5.41, 5.74) is 0.675. The fraction of sp³-hybridized carbons (Fsp3) is 0.188. The second-order valence-electron chi connectivity index (χ2n) is 4.11. The molecule has 0 saturated carbocycles. The van der Waals surface area contributed by atoms with Crippen LogP contribution in [0.15, 0.2) is 42.5 Å². The number of hydrogen-bond donors (Lipinski definition) is 0. The van der Waals surface area contributed by atoms with Gasteiger partial charge in [-0.2, -0.15) is 0 Å². The van der Waals surface area contributed by atoms with Gasteiger partial charge in [-0.15, -0.1) is 0 Å². The van der Waals surface area contributed by atoms with Gasteiger partial charge in [0.2, 0.25) is 0 Å². The Balaban J connectivity index is 2.38. The maximum atomic E-state index is 13.7. The summed E-state index contributed by atoms with van der Waals surface area (Å²) in [4.78, 5) is 12.4. The van der Waals surface area contributed by atoms with E-state index in [0.717, 1.165) is 0 Å². The fourth-order valence-electron chi connectivity index (χ4n) is 1.90. The molecule has 0 amide bonds. The summed E-state index contributed by atoms with van der Waals surface area (Å²) in [6.45, 7) is 2.30. The van der Waals surface area contributed by atoms with E-state index < -0.39 is 5.82 Å². The summed E-state index contributed by atoms with van der Waals surface area (Å²) >= 11 is 0. The van der Waals surface area contributed by atoms with E-state index in [2.05, 4.69) is 0 Å². The molecule has 0 fully saturated rings. The highest BCUT2D eigenvalue weighted by molar-refractivity contribution is 6.10. The molecule has 0 saturated heterocycles. The molecule has 20 heavy (non-hydrogen) atoms. The van der Waals surface area contributed by atoms with E-state index in [4.69, 9.17) is 9.47 Å². The highest BCUT2D eigenvalue weighted by Crippen LogP contribution is 2.24. The minimum atomic E-state index is -0.563. The Labute approximate surface area is 117 Å². The number of ether oxygens (including phenoxy) is 2. The fourth-order valence-corrected chi connectivity index (χ4v) is 1.90. The minimum Gasteiger partial charge on any atom is -0.494 e. The molecule has 0 unspecified atom stereocenters. The van der Waals surface area contributed by atoms with E-state index in [1.807, 2.05) is 6.92 Å². The Morgan fingerprint density at radius 2 is 1.90 bits per heavy atom. The second-order valence-corrected chi connectivity index (χ2v) is 4.11. The quantitative estimate of drug-likeness (QED) is 0.783. The molecule has 0 heterocycles. The summed E-state index contributed by atoms with van der Waals surface area (Å²) in [5, 5.41) is 0. The predicted molar refractivity (Wildman–Crippen MR) is 74.0 cm³/mol. The number of ketones is 1. The lowest BCUT2D eigenvalue weighted by molar-refractivity contribution is 0.103. The number of benzene rings is 2. The van der Waals surface area contributed by atoms with Crippen molar-refractivity contribution in [3.05, 3.63) is 59.4 Å². The summed E-state index contributed by atoms with van der Waals surface area (Å²) in [7, 11) is 1.38. The van der Waals surface area contributed by atoms with Crippen molar-refractivity contribution in [1.29, 1.82) is 0 Å². The molecule has 2 rings (SSSR count). The Morgan fingerprint density at radius 3 is 2.55 bits per heavy atom. The van der Waals surface area contributed by atoms with Crippen LogP contribution in [0.25, 0.3) is 0 Å². The Kier molecular flexibility index (Phi) is 4.35. The molecule has 4 heteroatoms. The SMILES string of the molecule is CCOc1ccccc1C(=O)c1ccc(OC)c(F)c1. The summed E-state index contributed by atoms with van der Waals surface area (Å²) in [5.74, 6) is -0.237. The standard InChI is InChI=1S/C16H15FO3/c1-3-20-14-7-5-4-6-12(14)16(18)11-8-9-15(19-2)13(17)10-11/h4-10H,3H2,1-2H3. The van der Waals surface area contributed by atoms with Gasteiger partial charge >= 0.3 is 0 Å². The molecule has 0 radical (unpaired) electrons. The normalized spacial score (nSPS) is 10.2. The van der Waals surface area contributed by atoms with Gasteiger partial charge in [0.1, 0.15) is 5.75 Å². The third kappa shape index (κ3) is 2.79. The molecule has 3 nitrogen and oxygen atoms in total. The lowest BCUT2D eigenvalue weighted by Crippen LogP contribution is -2.06. The molecular weight excluding hydrogens is 259 g/mol. The van der Waals surface area contributed by atoms with Crippen LogP contribution in [0.3, 0.4) is 0 Å². The average Bonchev–Trinajstić information content (AvgIpc) is 2.47. The van der Waals surface area contributed by atoms with E-state index in [1.54, 1.807) is 24.3 Å². The van der Waals surface area contributed by atoms with Crippen molar-refractivity contribution in [3.8, 4) is 11.5 Å². The number of para-hydroxylation sites is 1. The molecule has 0 spiro atoms. The number of hydrogen-bond acceptors (Lipinski definition) is 3. The van der Waals surface area contributed by atoms with E-state index in [-0.39, 0.29) is 17.1 Å². The van der Waals surface area contributed by atoms with Crippen LogP contribution < -0.4 is 9.47 Å². The first-order valence-electron chi connectivity index (χ1n) is 6.27. The molecule has 0 bridgehead atoms. The maximum Gasteiger partial charge on any atom is 0.196 e. The molecule has 2 aromatic carbocycles. The van der Waals surface area contributed by atoms with Crippen LogP contribution in [0.4, 0.5) is 4.39 Å². The van der Waals surface area contributed by atoms with Gasteiger partial charge in [-0.3, -0.25) is 4.79 Å². The Hall–Kier alpha value is -2.36. The molecule has 0 atom stereocenters. The van der Waals surface area contributed by atoms with Gasteiger partial charge in [0.15, 0.2) is 17.3 Å². The first-order chi connectivity index (χ1) is 9.67. The number of methoxy groups -OCH3 is 1. The van der Waals surface area contributed by atoms with Gasteiger partial charge < -0.3 is 9.47 Å². The summed E-state index contributed by atoms with van der Waals surface area (Å²) < 4.78 is 23.9. The smallest absolute Gasteiger partial charge is 0.196 e. The third-order valence-electron chi connectivity index (χ3n) is 2.85. The van der Waals surface area contributed by atoms with E-state index in [9.17, 15) is 9.18 Å². The zero-order valence-electron chi connectivity index (χ0n) is 11.4. The zero-order chi connectivity index (χ0) is 14.5. The van der Waals surface area contributed by atoms with Gasteiger partial charge in [0.05, 0.1) is 19.3 Å². The number of rotatable bonds is 5. The van der Waals surface area contributed by atoms with Crippen LogP contribution in [-0.2, 0) is 0 Å². The van der Waals surface area contributed by atoms with Crippen LogP contribution >= 0.6 is 0 Å². The van der Waals surface area contributed by atoms with Crippen LogP contribution in [-0.4, -0.2) is 19.5 Å². The van der Waals surface area contributed by atoms with Crippen molar-refractivity contribution in [2.45, 2.75) is 6.92 Å². The van der Waals surface area contributed by atoms with Crippen LogP contribution in [0, 0.1) is 5.82 Å². The van der Waals surface area contributed by atoms with Crippen LogP contribution in [0.5, 0.6) is 11.5 Å². The van der Waals surface area contributed by atoms with Gasteiger partial charge in [0, 0.05) is 5.56 Å². The average molecular weight is 274 g/mol. The number of carbonyl (C=O) groups excluding carboxylic acids is 1. The van der Waals surface area contributed by atoms with E-state index in [1.165, 1.54) is 25.3 Å². The topological polar surface area (TPSA) is 35.5 Å². The number of carbonyl (C=O) groups is 1. The van der Waals surface area contributed by atoms with Gasteiger partial charge in [-0.05, 0) is 37.3 Å². The summed E-state index contributed by atoms with van der Waals surface area (Å²) in [6.07, 6.45) is 0. The molecular formula is C16H15FO3. The van der Waals surface area contributed by atoms with Crippen molar-refractivity contribution in [1.82, 2.24) is 0 Å². The lowest BCUT2D eigenvalue weighted by atomic mass is 10.0. The van der Waals surface area contributed by atoms with E-state index in [0.29, 0.717) is 17.9 Å². The highest BCUT2D eigenvalue weighted by atomic mass is 19.1. The maximum absolute atomic E-state index is 13.7. The monoisotopic (exact) mass is 274 g/mol. The third-order valence-corrected chi connectivity index (χ3v) is 2.85. The molecule has 0 aliphatic heterocycles. The molecule has 0 N–H and O–H groups in total. The molecule has 2 aromatic rings. The van der Waals surface area contributed by atoms with Crippen molar-refractivity contribution in [2.24, 2.45) is 0 Å². The first kappa shape index (κ1) is 14.1. The minimum absolute atomic E-state index is 0.111. The summed E-state index contributed by atoms with van der Waals surface area (Å²) in [6, 6.07) is 11.1. The highest BCUT2D eigenvalue weighted by Gasteiger charge is 2.16. The molecule has 104 valence electrons. The van der Waals surface area contributed by atoms with Crippen molar-refractivity contribution in [2.75, 3.05) is 13.7 Å². The van der Waals surface area contributed by atoms with Gasteiger partial charge in [-0.25, -0.2) is 4.39 Å². The molecule has 0 aliphatic rings. The molecule has 0 aliphatic carbocycles. The van der Waals surface area contributed by atoms with Crippen molar-refractivity contribution >= 4 is 5.78 Å². The van der Waals surface area contributed by atoms with Crippen molar-refractivity contribution in [3.63, 3.8) is 0 Å². The van der Waals surface area contributed by atoms with Crippen LogP contribution in [0.1, 0.15) is 22.8 Å². The van der Waals surface area contributed by atoms with Crippen molar-refractivity contribution < 1.29 is 18.7 Å². The first-order valence-corrected chi connectivity index (χ1v) is 6.27. The molecule has 0 aromatic heterocycles. The predicted octanol–water partition coefficient (Wildman–Crippen LogP) is 3.46. The second kappa shape index (κ2) is 6.19. The zero-order valence-corrected chi connectivity index (χ0v) is 11.4. The van der Waals surface area contributed by atoms with Gasteiger partial charge in [-0.1, -0.05) is 12.1 Å². The lowest BCUT2D eigenvalue weighted by Gasteiger charge is -2.09. The van der Waals surface area contributed by atoms with E-state index >= 15 is 0 Å². The van der Waals surface area contributed by atoms with Gasteiger partial charge in [0.25, 0.3) is 0 Å².